The van der Waals surface area contributed by atoms with Gasteiger partial charge in [0.15, 0.2) is 0 Å². The molecule has 0 unspecified atom stereocenters. The third-order valence-electron chi connectivity index (χ3n) is 4.48. The van der Waals surface area contributed by atoms with Crippen molar-refractivity contribution in [3.8, 4) is 5.75 Å². The molecule has 1 aliphatic rings. The monoisotopic (exact) mass is 417 g/mol. The molecule has 0 bridgehead atoms. The summed E-state index contributed by atoms with van der Waals surface area (Å²) in [5.74, 6) is -1.61. The number of unbranched alkanes of at least 4 members (excludes halogenated alkanes) is 1. The summed E-state index contributed by atoms with van der Waals surface area (Å²) in [6.07, 6.45) is 2.19. The van der Waals surface area contributed by atoms with E-state index in [0.717, 1.165) is 6.42 Å². The number of piperidine rings is 1. The van der Waals surface area contributed by atoms with Gasteiger partial charge in [-0.25, -0.2) is 12.7 Å². The van der Waals surface area contributed by atoms with Crippen LogP contribution in [0.2, 0.25) is 5.02 Å². The molecule has 0 atom stereocenters. The van der Waals surface area contributed by atoms with E-state index in [2.05, 4.69) is 10.9 Å². The van der Waals surface area contributed by atoms with Crippen LogP contribution < -0.4 is 10.9 Å². The molecule has 3 N–H and O–H groups in total. The predicted molar refractivity (Wildman–Crippen MR) is 102 cm³/mol. The maximum Gasteiger partial charge on any atom is 0.273 e. The molecule has 1 heterocycles. The minimum absolute atomic E-state index is 0.0559. The Bertz CT molecular complexity index is 792. The molecule has 2 rings (SSSR count). The molecule has 1 aromatic carbocycles. The molecule has 27 heavy (non-hydrogen) atoms. The molecule has 2 amide bonds. The summed E-state index contributed by atoms with van der Waals surface area (Å²) in [6, 6.07) is 4.01. The maximum absolute atomic E-state index is 12.2. The van der Waals surface area contributed by atoms with E-state index < -0.39 is 27.8 Å². The van der Waals surface area contributed by atoms with E-state index in [0.29, 0.717) is 19.3 Å². The first-order chi connectivity index (χ1) is 12.7. The van der Waals surface area contributed by atoms with Crippen LogP contribution in [-0.2, 0) is 14.8 Å². The number of benzene rings is 1. The zero-order valence-electron chi connectivity index (χ0n) is 15.1. The van der Waals surface area contributed by atoms with E-state index in [-0.39, 0.29) is 35.2 Å². The fourth-order valence-corrected chi connectivity index (χ4v) is 4.68. The standard InChI is InChI=1S/C17H24ClN3O5S/c1-2-3-10-27(25,26)21-8-6-12(7-9-21)16(23)19-20-17(24)14-11-13(18)4-5-15(14)22/h4-5,11-12,22H,2-3,6-10H2,1H3,(H,19,23)(H,20,24). The highest BCUT2D eigenvalue weighted by molar-refractivity contribution is 7.89. The predicted octanol–water partition coefficient (Wildman–Crippen LogP) is 1.65. The number of carbonyl (C=O) groups excluding carboxylic acids is 2. The molecule has 0 saturated carbocycles. The van der Waals surface area contributed by atoms with Crippen molar-refractivity contribution in [1.29, 1.82) is 0 Å². The molecule has 1 saturated heterocycles. The van der Waals surface area contributed by atoms with Gasteiger partial charge in [-0.2, -0.15) is 0 Å². The van der Waals surface area contributed by atoms with Crippen LogP contribution >= 0.6 is 11.6 Å². The molecule has 1 aliphatic heterocycles. The van der Waals surface area contributed by atoms with Crippen molar-refractivity contribution in [2.24, 2.45) is 5.92 Å². The SMILES string of the molecule is CCCCS(=O)(=O)N1CCC(C(=O)NNC(=O)c2cc(Cl)ccc2O)CC1. The molecule has 150 valence electrons. The highest BCUT2D eigenvalue weighted by Crippen LogP contribution is 2.22. The van der Waals surface area contributed by atoms with E-state index in [1.807, 2.05) is 6.92 Å². The molecular formula is C17H24ClN3O5S. The first kappa shape index (κ1) is 21.5. The number of rotatable bonds is 6. The van der Waals surface area contributed by atoms with Gasteiger partial charge >= 0.3 is 0 Å². The molecule has 0 aromatic heterocycles. The Morgan fingerprint density at radius 2 is 1.93 bits per heavy atom. The number of amides is 2. The van der Waals surface area contributed by atoms with E-state index in [9.17, 15) is 23.1 Å². The van der Waals surface area contributed by atoms with Crippen LogP contribution in [0, 0.1) is 5.92 Å². The van der Waals surface area contributed by atoms with Crippen LogP contribution in [0.25, 0.3) is 0 Å². The van der Waals surface area contributed by atoms with Crippen LogP contribution in [0.5, 0.6) is 5.75 Å². The van der Waals surface area contributed by atoms with Gasteiger partial charge in [-0.05, 0) is 37.5 Å². The summed E-state index contributed by atoms with van der Waals surface area (Å²) in [4.78, 5) is 24.3. The second kappa shape index (κ2) is 9.38. The Morgan fingerprint density at radius 1 is 1.26 bits per heavy atom. The number of nitrogens with zero attached hydrogens (tertiary/aromatic N) is 1. The van der Waals surface area contributed by atoms with Gasteiger partial charge in [0.25, 0.3) is 5.91 Å². The van der Waals surface area contributed by atoms with E-state index in [1.54, 1.807) is 0 Å². The lowest BCUT2D eigenvalue weighted by Crippen LogP contribution is -2.48. The van der Waals surface area contributed by atoms with Crippen molar-refractivity contribution >= 4 is 33.4 Å². The summed E-state index contributed by atoms with van der Waals surface area (Å²) in [5.41, 5.74) is 4.51. The summed E-state index contributed by atoms with van der Waals surface area (Å²) in [5, 5.41) is 9.97. The highest BCUT2D eigenvalue weighted by Gasteiger charge is 2.30. The first-order valence-corrected chi connectivity index (χ1v) is 10.8. The van der Waals surface area contributed by atoms with Gasteiger partial charge in [0, 0.05) is 24.0 Å². The molecular weight excluding hydrogens is 394 g/mol. The van der Waals surface area contributed by atoms with E-state index in [4.69, 9.17) is 11.6 Å². The molecule has 1 aromatic rings. The van der Waals surface area contributed by atoms with Gasteiger partial charge in [0.2, 0.25) is 15.9 Å². The summed E-state index contributed by atoms with van der Waals surface area (Å²) >= 11 is 5.80. The molecule has 1 fully saturated rings. The first-order valence-electron chi connectivity index (χ1n) is 8.81. The number of phenols is 1. The molecule has 8 nitrogen and oxygen atoms in total. The van der Waals surface area contributed by atoms with Crippen LogP contribution in [-0.4, -0.2) is 48.5 Å². The van der Waals surface area contributed by atoms with Gasteiger partial charge in [0.1, 0.15) is 5.75 Å². The fraction of sp³-hybridized carbons (Fsp3) is 0.529. The summed E-state index contributed by atoms with van der Waals surface area (Å²) in [7, 11) is -3.27. The third-order valence-corrected chi connectivity index (χ3v) is 6.67. The Hall–Kier alpha value is -1.84. The van der Waals surface area contributed by atoms with Crippen LogP contribution in [0.4, 0.5) is 0 Å². The van der Waals surface area contributed by atoms with Gasteiger partial charge in [0.05, 0.1) is 11.3 Å². The second-order valence-corrected chi connectivity index (χ2v) is 8.97. The molecule has 0 aliphatic carbocycles. The van der Waals surface area contributed by atoms with E-state index >= 15 is 0 Å². The number of nitrogens with one attached hydrogen (secondary N) is 2. The maximum atomic E-state index is 12.2. The normalized spacial score (nSPS) is 16.1. The topological polar surface area (TPSA) is 116 Å². The number of aromatic hydroxyl groups is 1. The van der Waals surface area contributed by atoms with Crippen molar-refractivity contribution in [1.82, 2.24) is 15.2 Å². The average Bonchev–Trinajstić information content (AvgIpc) is 2.66. The Kier molecular flexibility index (Phi) is 7.46. The number of hydrogen-bond donors (Lipinski definition) is 3. The number of phenolic OH excluding ortho intramolecular Hbond substituents is 1. The molecule has 0 radical (unpaired) electrons. The number of hydrogen-bond acceptors (Lipinski definition) is 5. The summed E-state index contributed by atoms with van der Waals surface area (Å²) < 4.78 is 25.8. The van der Waals surface area contributed by atoms with Crippen molar-refractivity contribution in [3.05, 3.63) is 28.8 Å². The van der Waals surface area contributed by atoms with Crippen LogP contribution in [0.1, 0.15) is 43.0 Å². The number of hydrazine groups is 1. The fourth-order valence-electron chi connectivity index (χ4n) is 2.83. The van der Waals surface area contributed by atoms with Gasteiger partial charge in [-0.1, -0.05) is 24.9 Å². The third kappa shape index (κ3) is 5.82. The van der Waals surface area contributed by atoms with Gasteiger partial charge < -0.3 is 5.11 Å². The Balaban J connectivity index is 1.84. The van der Waals surface area contributed by atoms with Crippen molar-refractivity contribution in [2.75, 3.05) is 18.8 Å². The second-order valence-electron chi connectivity index (χ2n) is 6.45. The molecule has 0 spiro atoms. The highest BCUT2D eigenvalue weighted by atomic mass is 35.5. The van der Waals surface area contributed by atoms with Crippen LogP contribution in [0.15, 0.2) is 18.2 Å². The van der Waals surface area contributed by atoms with Gasteiger partial charge in [-0.15, -0.1) is 0 Å². The lowest BCUT2D eigenvalue weighted by atomic mass is 9.98. The van der Waals surface area contributed by atoms with Crippen LogP contribution in [0.3, 0.4) is 0 Å². The largest absolute Gasteiger partial charge is 0.507 e. The minimum atomic E-state index is -3.27. The lowest BCUT2D eigenvalue weighted by Gasteiger charge is -2.30. The number of carbonyl (C=O) groups is 2. The number of halogens is 1. The Morgan fingerprint density at radius 3 is 2.56 bits per heavy atom. The van der Waals surface area contributed by atoms with Gasteiger partial charge in [-0.3, -0.25) is 20.4 Å². The number of sulfonamides is 1. The van der Waals surface area contributed by atoms with Crippen molar-refractivity contribution in [3.63, 3.8) is 0 Å². The zero-order chi connectivity index (χ0) is 20.0. The zero-order valence-corrected chi connectivity index (χ0v) is 16.6. The quantitative estimate of drug-likeness (QED) is 0.608. The molecule has 10 heteroatoms. The lowest BCUT2D eigenvalue weighted by molar-refractivity contribution is -0.126. The van der Waals surface area contributed by atoms with Crippen molar-refractivity contribution < 1.29 is 23.1 Å². The average molecular weight is 418 g/mol. The summed E-state index contributed by atoms with van der Waals surface area (Å²) in [6.45, 7) is 2.50. The minimum Gasteiger partial charge on any atom is -0.507 e. The smallest absolute Gasteiger partial charge is 0.273 e. The van der Waals surface area contributed by atoms with Crippen molar-refractivity contribution in [2.45, 2.75) is 32.6 Å². The van der Waals surface area contributed by atoms with E-state index in [1.165, 1.54) is 22.5 Å². The Labute approximate surface area is 163 Å².